The highest BCUT2D eigenvalue weighted by molar-refractivity contribution is 8.00. The van der Waals surface area contributed by atoms with E-state index >= 15 is 0 Å². The molecule has 0 unspecified atom stereocenters. The van der Waals surface area contributed by atoms with Crippen molar-refractivity contribution in [3.63, 3.8) is 0 Å². The van der Waals surface area contributed by atoms with Gasteiger partial charge in [-0.25, -0.2) is 0 Å². The predicted octanol–water partition coefficient (Wildman–Crippen LogP) is 3.34. The second-order valence-corrected chi connectivity index (χ2v) is 6.45. The summed E-state index contributed by atoms with van der Waals surface area (Å²) in [6.45, 7) is 9.95. The Morgan fingerprint density at radius 3 is 2.50 bits per heavy atom. The number of nitrogens with one attached hydrogen (secondary N) is 2. The van der Waals surface area contributed by atoms with Gasteiger partial charge in [-0.1, -0.05) is 32.9 Å². The Labute approximate surface area is 132 Å². The number of amides is 1. The normalized spacial score (nSPS) is 11.8. The van der Waals surface area contributed by atoms with E-state index in [9.17, 15) is 4.79 Å². The molecule has 1 aromatic rings. The molecule has 0 spiro atoms. The summed E-state index contributed by atoms with van der Waals surface area (Å²) in [4.78, 5) is 13.3. The van der Waals surface area contributed by atoms with E-state index in [2.05, 4.69) is 38.3 Å². The molecule has 0 fully saturated rings. The van der Waals surface area contributed by atoms with Crippen molar-refractivity contribution < 1.29 is 4.79 Å². The summed E-state index contributed by atoms with van der Waals surface area (Å²) in [7, 11) is 0. The van der Waals surface area contributed by atoms with E-state index in [1.807, 2.05) is 24.3 Å². The topological polar surface area (TPSA) is 41.1 Å². The van der Waals surface area contributed by atoms with Gasteiger partial charge >= 0.3 is 0 Å². The standard InChI is InChI=1S/C15H24N2OS.ClH/c1-5-16-12(4)10-17-15(18)13-8-6-7-9-14(13)19-11(2)3;/h6-9,11-12,16H,5,10H2,1-4H3,(H,17,18);1H/t12-;/m1./s1. The lowest BCUT2D eigenvalue weighted by molar-refractivity contribution is 0.0947. The van der Waals surface area contributed by atoms with Crippen LogP contribution in [0.25, 0.3) is 0 Å². The summed E-state index contributed by atoms with van der Waals surface area (Å²) in [6, 6.07) is 8.07. The number of rotatable bonds is 7. The maximum atomic E-state index is 12.2. The van der Waals surface area contributed by atoms with Crippen LogP contribution < -0.4 is 10.6 Å². The van der Waals surface area contributed by atoms with Crippen molar-refractivity contribution in [2.75, 3.05) is 13.1 Å². The number of carbonyl (C=O) groups excluding carboxylic acids is 1. The Balaban J connectivity index is 0.00000361. The number of carbonyl (C=O) groups is 1. The number of hydrogen-bond donors (Lipinski definition) is 2. The van der Waals surface area contributed by atoms with Gasteiger partial charge in [-0.15, -0.1) is 24.2 Å². The lowest BCUT2D eigenvalue weighted by Gasteiger charge is -2.15. The van der Waals surface area contributed by atoms with Crippen molar-refractivity contribution in [2.45, 2.75) is 43.9 Å². The van der Waals surface area contributed by atoms with Crippen LogP contribution in [0.15, 0.2) is 29.2 Å². The molecule has 0 aliphatic carbocycles. The maximum absolute atomic E-state index is 12.2. The first-order valence-corrected chi connectivity index (χ1v) is 7.69. The SMILES string of the molecule is CCN[C@H](C)CNC(=O)c1ccccc1SC(C)C.Cl. The molecule has 1 amide bonds. The van der Waals surface area contributed by atoms with Gasteiger partial charge in [0.15, 0.2) is 0 Å². The molecule has 5 heteroatoms. The molecule has 0 aromatic heterocycles. The van der Waals surface area contributed by atoms with Crippen LogP contribution in [0.5, 0.6) is 0 Å². The molecule has 0 radical (unpaired) electrons. The fourth-order valence-electron chi connectivity index (χ4n) is 1.77. The van der Waals surface area contributed by atoms with Crippen LogP contribution in [0.2, 0.25) is 0 Å². The summed E-state index contributed by atoms with van der Waals surface area (Å²) < 4.78 is 0. The minimum atomic E-state index is 0. The molecule has 114 valence electrons. The van der Waals surface area contributed by atoms with Crippen LogP contribution in [0, 0.1) is 0 Å². The third-order valence-corrected chi connectivity index (χ3v) is 3.70. The van der Waals surface area contributed by atoms with E-state index in [4.69, 9.17) is 0 Å². The molecule has 20 heavy (non-hydrogen) atoms. The number of hydrogen-bond acceptors (Lipinski definition) is 3. The molecule has 0 aliphatic rings. The highest BCUT2D eigenvalue weighted by atomic mass is 35.5. The van der Waals surface area contributed by atoms with Gasteiger partial charge in [-0.3, -0.25) is 4.79 Å². The number of halogens is 1. The van der Waals surface area contributed by atoms with Crippen LogP contribution >= 0.6 is 24.2 Å². The Morgan fingerprint density at radius 1 is 1.25 bits per heavy atom. The second-order valence-electron chi connectivity index (χ2n) is 4.83. The molecule has 0 bridgehead atoms. The van der Waals surface area contributed by atoms with E-state index in [1.54, 1.807) is 11.8 Å². The molecule has 0 saturated heterocycles. The molecular weight excluding hydrogens is 292 g/mol. The molecule has 1 atom stereocenters. The van der Waals surface area contributed by atoms with Crippen molar-refractivity contribution in [1.82, 2.24) is 10.6 Å². The first kappa shape index (κ1) is 19.3. The molecule has 0 saturated carbocycles. The lowest BCUT2D eigenvalue weighted by atomic mass is 10.2. The van der Waals surface area contributed by atoms with Gasteiger partial charge in [-0.05, 0) is 25.6 Å². The summed E-state index contributed by atoms with van der Waals surface area (Å²) in [6.07, 6.45) is 0. The van der Waals surface area contributed by atoms with Crippen molar-refractivity contribution in [2.24, 2.45) is 0 Å². The fraction of sp³-hybridized carbons (Fsp3) is 0.533. The van der Waals surface area contributed by atoms with Crippen LogP contribution in [-0.2, 0) is 0 Å². The average molecular weight is 317 g/mol. The first-order chi connectivity index (χ1) is 9.04. The Kier molecular flexibility index (Phi) is 9.72. The van der Waals surface area contributed by atoms with Crippen LogP contribution in [0.3, 0.4) is 0 Å². The van der Waals surface area contributed by atoms with E-state index in [0.29, 0.717) is 17.8 Å². The predicted molar refractivity (Wildman–Crippen MR) is 90.2 cm³/mol. The summed E-state index contributed by atoms with van der Waals surface area (Å²) >= 11 is 1.72. The van der Waals surface area contributed by atoms with E-state index < -0.39 is 0 Å². The zero-order valence-corrected chi connectivity index (χ0v) is 14.2. The Morgan fingerprint density at radius 2 is 1.90 bits per heavy atom. The molecule has 3 nitrogen and oxygen atoms in total. The molecule has 0 heterocycles. The number of benzene rings is 1. The lowest BCUT2D eigenvalue weighted by Crippen LogP contribution is -2.38. The number of likely N-dealkylation sites (N-methyl/N-ethyl adjacent to an activating group) is 1. The average Bonchev–Trinajstić information content (AvgIpc) is 2.36. The second kappa shape index (κ2) is 10.1. The van der Waals surface area contributed by atoms with Gasteiger partial charge in [0.1, 0.15) is 0 Å². The Hall–Kier alpha value is -0.710. The minimum Gasteiger partial charge on any atom is -0.350 e. The van der Waals surface area contributed by atoms with Crippen LogP contribution in [0.1, 0.15) is 38.1 Å². The Bertz CT molecular complexity index is 413. The van der Waals surface area contributed by atoms with E-state index in [-0.39, 0.29) is 18.3 Å². The van der Waals surface area contributed by atoms with E-state index in [0.717, 1.165) is 17.0 Å². The summed E-state index contributed by atoms with van der Waals surface area (Å²) in [5, 5.41) is 6.73. The van der Waals surface area contributed by atoms with Crippen molar-refractivity contribution in [1.29, 1.82) is 0 Å². The maximum Gasteiger partial charge on any atom is 0.252 e. The molecular formula is C15H25ClN2OS. The van der Waals surface area contributed by atoms with Gasteiger partial charge < -0.3 is 10.6 Å². The van der Waals surface area contributed by atoms with Crippen LogP contribution in [-0.4, -0.2) is 30.3 Å². The van der Waals surface area contributed by atoms with Gasteiger partial charge in [0.05, 0.1) is 5.56 Å². The molecule has 0 aliphatic heterocycles. The summed E-state index contributed by atoms with van der Waals surface area (Å²) in [5.41, 5.74) is 0.768. The van der Waals surface area contributed by atoms with Gasteiger partial charge in [0.2, 0.25) is 0 Å². The molecule has 1 aromatic carbocycles. The summed E-state index contributed by atoms with van der Waals surface area (Å²) in [5.74, 6) is 0.00787. The monoisotopic (exact) mass is 316 g/mol. The van der Waals surface area contributed by atoms with Gasteiger partial charge in [0.25, 0.3) is 5.91 Å². The van der Waals surface area contributed by atoms with Crippen LogP contribution in [0.4, 0.5) is 0 Å². The fourth-order valence-corrected chi connectivity index (χ4v) is 2.73. The zero-order chi connectivity index (χ0) is 14.3. The highest BCUT2D eigenvalue weighted by Crippen LogP contribution is 2.26. The molecule has 2 N–H and O–H groups in total. The van der Waals surface area contributed by atoms with Gasteiger partial charge in [-0.2, -0.15) is 0 Å². The van der Waals surface area contributed by atoms with Gasteiger partial charge in [0, 0.05) is 22.7 Å². The zero-order valence-electron chi connectivity index (χ0n) is 12.6. The van der Waals surface area contributed by atoms with Crippen molar-refractivity contribution in [3.8, 4) is 0 Å². The highest BCUT2D eigenvalue weighted by Gasteiger charge is 2.12. The quantitative estimate of drug-likeness (QED) is 0.758. The third kappa shape index (κ3) is 6.64. The smallest absolute Gasteiger partial charge is 0.252 e. The third-order valence-electron chi connectivity index (χ3n) is 2.62. The minimum absolute atomic E-state index is 0. The van der Waals surface area contributed by atoms with Crippen molar-refractivity contribution >= 4 is 30.1 Å². The largest absolute Gasteiger partial charge is 0.350 e. The molecule has 1 rings (SSSR count). The first-order valence-electron chi connectivity index (χ1n) is 6.81. The number of thioether (sulfide) groups is 1. The van der Waals surface area contributed by atoms with Crippen molar-refractivity contribution in [3.05, 3.63) is 29.8 Å². The van der Waals surface area contributed by atoms with E-state index in [1.165, 1.54) is 0 Å².